The van der Waals surface area contributed by atoms with E-state index in [1.165, 1.54) is 24.0 Å². The van der Waals surface area contributed by atoms with Crippen molar-refractivity contribution in [2.75, 3.05) is 0 Å². The van der Waals surface area contributed by atoms with Gasteiger partial charge < -0.3 is 4.98 Å². The predicted molar refractivity (Wildman–Crippen MR) is 112 cm³/mol. The third kappa shape index (κ3) is 3.09. The zero-order valence-corrected chi connectivity index (χ0v) is 15.8. The van der Waals surface area contributed by atoms with E-state index in [-0.39, 0.29) is 0 Å². The van der Waals surface area contributed by atoms with E-state index in [1.54, 1.807) is 0 Å². The minimum absolute atomic E-state index is 0.621. The number of nitrogens with one attached hydrogen (secondary N) is 1. The molecule has 1 aliphatic rings. The second-order valence-electron chi connectivity index (χ2n) is 7.24. The number of allylic oxidation sites excluding steroid dienone is 2. The van der Waals surface area contributed by atoms with Gasteiger partial charge in [-0.25, -0.2) is 15.0 Å². The van der Waals surface area contributed by atoms with Crippen LogP contribution in [0.5, 0.6) is 0 Å². The van der Waals surface area contributed by atoms with Crippen LogP contribution in [0.3, 0.4) is 0 Å². The van der Waals surface area contributed by atoms with Crippen LogP contribution in [0, 0.1) is 6.92 Å². The summed E-state index contributed by atoms with van der Waals surface area (Å²) in [6.45, 7) is 1.98. The van der Waals surface area contributed by atoms with Gasteiger partial charge in [-0.1, -0.05) is 12.1 Å². The maximum atomic E-state index is 4.89. The summed E-state index contributed by atoms with van der Waals surface area (Å²) in [7, 11) is 0. The van der Waals surface area contributed by atoms with E-state index in [1.807, 2.05) is 49.8 Å². The molecule has 0 aliphatic heterocycles. The van der Waals surface area contributed by atoms with Crippen molar-refractivity contribution >= 4 is 16.6 Å². The molecule has 138 valence electrons. The maximum absolute atomic E-state index is 4.89. The zero-order chi connectivity index (χ0) is 18.9. The molecule has 4 heterocycles. The summed E-state index contributed by atoms with van der Waals surface area (Å²) >= 11 is 0. The van der Waals surface area contributed by atoms with Crippen LogP contribution in [0.25, 0.3) is 39.4 Å². The summed E-state index contributed by atoms with van der Waals surface area (Å²) in [5, 5.41) is 0.993. The van der Waals surface area contributed by atoms with Crippen molar-refractivity contribution in [3.63, 3.8) is 0 Å². The lowest BCUT2D eigenvalue weighted by atomic mass is 9.93. The molecule has 28 heavy (non-hydrogen) atoms. The molecule has 4 aromatic heterocycles. The number of aryl methyl sites for hydroxylation is 1. The van der Waals surface area contributed by atoms with Crippen molar-refractivity contribution in [1.82, 2.24) is 24.9 Å². The van der Waals surface area contributed by atoms with Crippen molar-refractivity contribution in [2.45, 2.75) is 32.6 Å². The summed E-state index contributed by atoms with van der Waals surface area (Å²) < 4.78 is 0. The van der Waals surface area contributed by atoms with E-state index >= 15 is 0 Å². The molecule has 1 N–H and O–H groups in total. The molecule has 5 rings (SSSR count). The summed E-state index contributed by atoms with van der Waals surface area (Å²) in [6.07, 6.45) is 12.9. The molecule has 0 atom stereocenters. The Labute approximate surface area is 163 Å². The van der Waals surface area contributed by atoms with Crippen LogP contribution in [0.4, 0.5) is 0 Å². The minimum Gasteiger partial charge on any atom is -0.346 e. The lowest BCUT2D eigenvalue weighted by molar-refractivity contribution is 0.742. The number of aromatic nitrogens is 5. The van der Waals surface area contributed by atoms with Gasteiger partial charge in [0.2, 0.25) is 0 Å². The molecular formula is C23H21N5. The largest absolute Gasteiger partial charge is 0.346 e. The third-order valence-corrected chi connectivity index (χ3v) is 5.21. The molecule has 4 aromatic rings. The topological polar surface area (TPSA) is 67.3 Å². The first kappa shape index (κ1) is 16.8. The lowest BCUT2D eigenvalue weighted by Crippen LogP contribution is -1.98. The van der Waals surface area contributed by atoms with E-state index < -0.39 is 0 Å². The molecule has 0 bridgehead atoms. The van der Waals surface area contributed by atoms with Gasteiger partial charge in [-0.05, 0) is 68.0 Å². The molecule has 0 aromatic carbocycles. The van der Waals surface area contributed by atoms with Crippen LogP contribution >= 0.6 is 0 Å². The SMILES string of the molecule is Cc1cccc(-c2nc(-c3cncc(C4=CCCCC4)c3)c3cc[nH]c3n2)n1. The molecule has 0 fully saturated rings. The van der Waals surface area contributed by atoms with Crippen LogP contribution in [-0.2, 0) is 0 Å². The molecule has 0 radical (unpaired) electrons. The average Bonchev–Trinajstić information content (AvgIpc) is 3.22. The van der Waals surface area contributed by atoms with Gasteiger partial charge in [0.1, 0.15) is 11.3 Å². The van der Waals surface area contributed by atoms with Crippen molar-refractivity contribution in [3.05, 3.63) is 66.3 Å². The van der Waals surface area contributed by atoms with Crippen molar-refractivity contribution < 1.29 is 0 Å². The molecule has 1 aliphatic carbocycles. The van der Waals surface area contributed by atoms with Crippen molar-refractivity contribution in [3.8, 4) is 22.8 Å². The first-order valence-electron chi connectivity index (χ1n) is 9.72. The fourth-order valence-corrected chi connectivity index (χ4v) is 3.79. The number of nitrogens with zero attached hydrogens (tertiary/aromatic N) is 4. The lowest BCUT2D eigenvalue weighted by Gasteiger charge is -2.13. The minimum atomic E-state index is 0.621. The number of hydrogen-bond donors (Lipinski definition) is 1. The summed E-state index contributed by atoms with van der Waals surface area (Å²) in [5.74, 6) is 0.621. The number of H-pyrrole nitrogens is 1. The third-order valence-electron chi connectivity index (χ3n) is 5.21. The monoisotopic (exact) mass is 367 g/mol. The Morgan fingerprint density at radius 2 is 1.89 bits per heavy atom. The fraction of sp³-hybridized carbons (Fsp3) is 0.217. The Bertz CT molecular complexity index is 1190. The molecule has 0 unspecified atom stereocenters. The quantitative estimate of drug-likeness (QED) is 0.530. The first-order valence-corrected chi connectivity index (χ1v) is 9.72. The Hall–Kier alpha value is -3.34. The van der Waals surface area contributed by atoms with Crippen LogP contribution in [0.15, 0.2) is 55.0 Å². The van der Waals surface area contributed by atoms with Gasteiger partial charge in [0.25, 0.3) is 0 Å². The molecule has 0 saturated carbocycles. The predicted octanol–water partition coefficient (Wildman–Crippen LogP) is 5.35. The van der Waals surface area contributed by atoms with E-state index in [9.17, 15) is 0 Å². The smallest absolute Gasteiger partial charge is 0.180 e. The van der Waals surface area contributed by atoms with Gasteiger partial charge in [0, 0.05) is 35.2 Å². The fourth-order valence-electron chi connectivity index (χ4n) is 3.79. The molecular weight excluding hydrogens is 346 g/mol. The number of fused-ring (bicyclic) bond motifs is 1. The highest BCUT2D eigenvalue weighted by Crippen LogP contribution is 2.32. The van der Waals surface area contributed by atoms with Gasteiger partial charge in [0.05, 0.1) is 5.69 Å². The number of rotatable bonds is 3. The molecule has 5 heteroatoms. The van der Waals surface area contributed by atoms with Crippen molar-refractivity contribution in [2.24, 2.45) is 0 Å². The molecule has 0 spiro atoms. The molecule has 0 saturated heterocycles. The van der Waals surface area contributed by atoms with E-state index in [4.69, 9.17) is 4.98 Å². The van der Waals surface area contributed by atoms with Crippen LogP contribution < -0.4 is 0 Å². The maximum Gasteiger partial charge on any atom is 0.180 e. The normalized spacial score (nSPS) is 14.2. The van der Waals surface area contributed by atoms with E-state index in [0.29, 0.717) is 5.82 Å². The van der Waals surface area contributed by atoms with E-state index in [0.717, 1.165) is 46.5 Å². The van der Waals surface area contributed by atoms with Gasteiger partial charge in [-0.3, -0.25) is 4.98 Å². The second kappa shape index (κ2) is 7.00. The second-order valence-corrected chi connectivity index (χ2v) is 7.24. The van der Waals surface area contributed by atoms with Gasteiger partial charge in [-0.2, -0.15) is 0 Å². The Morgan fingerprint density at radius 1 is 0.964 bits per heavy atom. The van der Waals surface area contributed by atoms with Crippen LogP contribution in [0.2, 0.25) is 0 Å². The van der Waals surface area contributed by atoms with Crippen molar-refractivity contribution in [1.29, 1.82) is 0 Å². The van der Waals surface area contributed by atoms with Gasteiger partial charge in [-0.15, -0.1) is 0 Å². The van der Waals surface area contributed by atoms with Gasteiger partial charge >= 0.3 is 0 Å². The van der Waals surface area contributed by atoms with E-state index in [2.05, 4.69) is 32.1 Å². The van der Waals surface area contributed by atoms with Crippen LogP contribution in [0.1, 0.15) is 36.9 Å². The summed E-state index contributed by atoms with van der Waals surface area (Å²) in [6, 6.07) is 10.1. The summed E-state index contributed by atoms with van der Waals surface area (Å²) in [4.78, 5) is 21.9. The first-order chi connectivity index (χ1) is 13.8. The molecule has 0 amide bonds. The Morgan fingerprint density at radius 3 is 2.75 bits per heavy atom. The number of hydrogen-bond acceptors (Lipinski definition) is 4. The summed E-state index contributed by atoms with van der Waals surface area (Å²) in [5.41, 5.74) is 7.00. The highest BCUT2D eigenvalue weighted by atomic mass is 15.0. The highest BCUT2D eigenvalue weighted by molar-refractivity contribution is 5.92. The zero-order valence-electron chi connectivity index (χ0n) is 15.8. The standard InChI is InChI=1S/C23H21N5/c1-15-6-5-9-20(26-15)23-27-21(19-10-11-25-22(19)28-23)18-12-17(13-24-14-18)16-7-3-2-4-8-16/h5-7,9-14H,2-4,8H2,1H3,(H,25,27,28). The number of aromatic amines is 1. The highest BCUT2D eigenvalue weighted by Gasteiger charge is 2.15. The Kier molecular flexibility index (Phi) is 4.20. The Balaban J connectivity index is 1.66. The molecule has 5 nitrogen and oxygen atoms in total. The van der Waals surface area contributed by atoms with Crippen LogP contribution in [-0.4, -0.2) is 24.9 Å². The average molecular weight is 367 g/mol. The van der Waals surface area contributed by atoms with Gasteiger partial charge in [0.15, 0.2) is 5.82 Å². The number of pyridine rings is 2.